The first kappa shape index (κ1) is 26.2. The number of carbonyl (C=O) groups is 2. The van der Waals surface area contributed by atoms with Crippen molar-refractivity contribution in [1.29, 1.82) is 0 Å². The molecule has 2 aromatic carbocycles. The number of nitrogens with zero attached hydrogens (tertiary/aromatic N) is 3. The Labute approximate surface area is 210 Å². The maximum atomic E-state index is 13.3. The van der Waals surface area contributed by atoms with Crippen LogP contribution in [0, 0.1) is 11.7 Å². The molecule has 1 aliphatic heterocycles. The number of aliphatic hydroxyl groups is 1. The van der Waals surface area contributed by atoms with E-state index in [-0.39, 0.29) is 17.8 Å². The predicted molar refractivity (Wildman–Crippen MR) is 126 cm³/mol. The van der Waals surface area contributed by atoms with Crippen LogP contribution in [0.3, 0.4) is 0 Å². The highest BCUT2D eigenvalue weighted by atomic mass is 19.4. The number of Topliss-reactive ketones (excluding diaryl/α,β-unsaturated/α-hetero) is 1. The maximum Gasteiger partial charge on any atom is 0.417 e. The SMILES string of the molecule is O=C(NCC(O)c1cccc(F)c1)c1ccc(N2CCC(C(=O)c3ccccc3C(F)(F)F)CC2)nn1. The molecule has 1 atom stereocenters. The van der Waals surface area contributed by atoms with E-state index in [1.54, 1.807) is 12.1 Å². The molecule has 1 aliphatic rings. The van der Waals surface area contributed by atoms with Gasteiger partial charge in [-0.15, -0.1) is 10.2 Å². The molecule has 11 heteroatoms. The Bertz CT molecular complexity index is 1260. The van der Waals surface area contributed by atoms with Gasteiger partial charge >= 0.3 is 6.18 Å². The Morgan fingerprint density at radius 3 is 2.41 bits per heavy atom. The summed E-state index contributed by atoms with van der Waals surface area (Å²) >= 11 is 0. The van der Waals surface area contributed by atoms with E-state index in [1.807, 2.05) is 4.90 Å². The molecule has 1 unspecified atom stereocenters. The second-order valence-electron chi connectivity index (χ2n) is 8.73. The third-order valence-corrected chi connectivity index (χ3v) is 6.26. The number of halogens is 4. The Morgan fingerprint density at radius 2 is 1.76 bits per heavy atom. The molecule has 1 aromatic heterocycles. The van der Waals surface area contributed by atoms with Crippen molar-refractivity contribution in [3.63, 3.8) is 0 Å². The highest BCUT2D eigenvalue weighted by Gasteiger charge is 2.37. The highest BCUT2D eigenvalue weighted by Crippen LogP contribution is 2.34. The van der Waals surface area contributed by atoms with Crippen LogP contribution in [0.4, 0.5) is 23.4 Å². The summed E-state index contributed by atoms with van der Waals surface area (Å²) in [6.07, 6.45) is -4.99. The van der Waals surface area contributed by atoms with E-state index in [0.717, 1.165) is 6.07 Å². The minimum atomic E-state index is -4.60. The van der Waals surface area contributed by atoms with Gasteiger partial charge in [0.15, 0.2) is 17.3 Å². The summed E-state index contributed by atoms with van der Waals surface area (Å²) in [5.74, 6) is -1.66. The van der Waals surface area contributed by atoms with Crippen LogP contribution in [0.15, 0.2) is 60.7 Å². The van der Waals surface area contributed by atoms with Crippen molar-refractivity contribution in [3.8, 4) is 0 Å². The smallest absolute Gasteiger partial charge is 0.387 e. The Morgan fingerprint density at radius 1 is 1.03 bits per heavy atom. The summed E-state index contributed by atoms with van der Waals surface area (Å²) in [4.78, 5) is 27.0. The van der Waals surface area contributed by atoms with Gasteiger partial charge in [0.2, 0.25) is 0 Å². The molecule has 3 aromatic rings. The predicted octanol–water partition coefficient (Wildman–Crippen LogP) is 4.20. The Hall–Kier alpha value is -3.86. The van der Waals surface area contributed by atoms with Gasteiger partial charge in [-0.1, -0.05) is 30.3 Å². The first-order chi connectivity index (χ1) is 17.6. The number of aliphatic hydroxyl groups excluding tert-OH is 1. The first-order valence-corrected chi connectivity index (χ1v) is 11.6. The summed E-state index contributed by atoms with van der Waals surface area (Å²) in [6, 6.07) is 13.3. The second-order valence-corrected chi connectivity index (χ2v) is 8.73. The number of benzene rings is 2. The lowest BCUT2D eigenvalue weighted by atomic mass is 9.87. The Kier molecular flexibility index (Phi) is 7.82. The van der Waals surface area contributed by atoms with E-state index in [2.05, 4.69) is 15.5 Å². The topological polar surface area (TPSA) is 95.4 Å². The minimum absolute atomic E-state index is 0.0176. The molecule has 1 fully saturated rings. The lowest BCUT2D eigenvalue weighted by Gasteiger charge is -2.32. The van der Waals surface area contributed by atoms with Gasteiger partial charge in [0.1, 0.15) is 5.82 Å². The molecular weight excluding hydrogens is 492 g/mol. The van der Waals surface area contributed by atoms with Crippen molar-refractivity contribution in [2.45, 2.75) is 25.1 Å². The van der Waals surface area contributed by atoms with Crippen molar-refractivity contribution < 1.29 is 32.3 Å². The van der Waals surface area contributed by atoms with E-state index < -0.39 is 41.3 Å². The number of piperidine rings is 1. The van der Waals surface area contributed by atoms with E-state index in [4.69, 9.17) is 0 Å². The van der Waals surface area contributed by atoms with Gasteiger partial charge in [0, 0.05) is 31.1 Å². The summed E-state index contributed by atoms with van der Waals surface area (Å²) < 4.78 is 53.2. The van der Waals surface area contributed by atoms with E-state index >= 15 is 0 Å². The molecule has 194 valence electrons. The quantitative estimate of drug-likeness (QED) is 0.361. The average molecular weight is 516 g/mol. The molecule has 0 radical (unpaired) electrons. The third-order valence-electron chi connectivity index (χ3n) is 6.26. The van der Waals surface area contributed by atoms with Crippen LogP contribution in [-0.4, -0.2) is 46.6 Å². The number of amides is 1. The number of rotatable bonds is 7. The lowest BCUT2D eigenvalue weighted by molar-refractivity contribution is -0.137. The number of alkyl halides is 3. The standard InChI is InChI=1S/C26H24F4N4O3/c27-18-5-3-4-17(14-18)22(35)15-31-25(37)21-8-9-23(33-32-21)34-12-10-16(11-13-34)24(36)19-6-1-2-7-20(19)26(28,29)30/h1-9,14,16,22,35H,10-13,15H2,(H,31,37). The Balaban J connectivity index is 1.31. The van der Waals surface area contributed by atoms with Gasteiger partial charge in [-0.2, -0.15) is 13.2 Å². The average Bonchev–Trinajstić information content (AvgIpc) is 2.91. The molecule has 2 heterocycles. The van der Waals surface area contributed by atoms with Crippen molar-refractivity contribution in [2.24, 2.45) is 5.92 Å². The third kappa shape index (κ3) is 6.29. The van der Waals surface area contributed by atoms with Crippen LogP contribution in [0.1, 0.15) is 50.9 Å². The highest BCUT2D eigenvalue weighted by molar-refractivity contribution is 5.99. The largest absolute Gasteiger partial charge is 0.417 e. The summed E-state index contributed by atoms with van der Waals surface area (Å²) in [5.41, 5.74) is -0.897. The van der Waals surface area contributed by atoms with Gasteiger partial charge in [-0.05, 0) is 48.7 Å². The molecule has 1 amide bonds. The molecule has 0 bridgehead atoms. The van der Waals surface area contributed by atoms with Crippen LogP contribution in [0.2, 0.25) is 0 Å². The zero-order valence-corrected chi connectivity index (χ0v) is 19.6. The van der Waals surface area contributed by atoms with Crippen LogP contribution in [0.25, 0.3) is 0 Å². The second kappa shape index (κ2) is 11.0. The van der Waals surface area contributed by atoms with Crippen LogP contribution in [0.5, 0.6) is 0 Å². The van der Waals surface area contributed by atoms with Crippen molar-refractivity contribution >= 4 is 17.5 Å². The molecule has 7 nitrogen and oxygen atoms in total. The molecule has 0 aliphatic carbocycles. The number of carbonyl (C=O) groups excluding carboxylic acids is 2. The number of anilines is 1. The van der Waals surface area contributed by atoms with Crippen molar-refractivity contribution in [1.82, 2.24) is 15.5 Å². The molecule has 0 spiro atoms. The minimum Gasteiger partial charge on any atom is -0.387 e. The molecule has 1 saturated heterocycles. The normalized spacial score (nSPS) is 15.3. The zero-order valence-electron chi connectivity index (χ0n) is 19.6. The lowest BCUT2D eigenvalue weighted by Crippen LogP contribution is -2.37. The van der Waals surface area contributed by atoms with E-state index in [9.17, 15) is 32.3 Å². The van der Waals surface area contributed by atoms with Crippen molar-refractivity contribution in [3.05, 3.63) is 88.9 Å². The summed E-state index contributed by atoms with van der Waals surface area (Å²) in [7, 11) is 0. The number of ketones is 1. The summed E-state index contributed by atoms with van der Waals surface area (Å²) in [6.45, 7) is 0.639. The number of aromatic nitrogens is 2. The van der Waals surface area contributed by atoms with Gasteiger partial charge in [0.05, 0.1) is 11.7 Å². The fourth-order valence-corrected chi connectivity index (χ4v) is 4.26. The van der Waals surface area contributed by atoms with Crippen LogP contribution >= 0.6 is 0 Å². The van der Waals surface area contributed by atoms with Crippen LogP contribution < -0.4 is 10.2 Å². The monoisotopic (exact) mass is 516 g/mol. The van der Waals surface area contributed by atoms with E-state index in [0.29, 0.717) is 37.3 Å². The van der Waals surface area contributed by atoms with Crippen LogP contribution in [-0.2, 0) is 6.18 Å². The number of nitrogens with one attached hydrogen (secondary N) is 1. The number of hydrogen-bond acceptors (Lipinski definition) is 6. The molecule has 0 saturated carbocycles. The maximum absolute atomic E-state index is 13.3. The van der Waals surface area contributed by atoms with Gasteiger partial charge < -0.3 is 15.3 Å². The molecular formula is C26H24F4N4O3. The number of hydrogen-bond donors (Lipinski definition) is 2. The summed E-state index contributed by atoms with van der Waals surface area (Å²) in [5, 5.41) is 20.6. The zero-order chi connectivity index (χ0) is 26.6. The molecule has 2 N–H and O–H groups in total. The van der Waals surface area contributed by atoms with Crippen molar-refractivity contribution in [2.75, 3.05) is 24.5 Å². The van der Waals surface area contributed by atoms with Gasteiger partial charge in [-0.3, -0.25) is 9.59 Å². The van der Waals surface area contributed by atoms with E-state index in [1.165, 1.54) is 42.5 Å². The molecule has 37 heavy (non-hydrogen) atoms. The van der Waals surface area contributed by atoms with Gasteiger partial charge in [-0.25, -0.2) is 4.39 Å². The van der Waals surface area contributed by atoms with Gasteiger partial charge in [0.25, 0.3) is 5.91 Å². The fourth-order valence-electron chi connectivity index (χ4n) is 4.26. The molecule has 4 rings (SSSR count). The first-order valence-electron chi connectivity index (χ1n) is 11.6. The fraction of sp³-hybridized carbons (Fsp3) is 0.308.